The van der Waals surface area contributed by atoms with Gasteiger partial charge >= 0.3 is 5.97 Å². The van der Waals surface area contributed by atoms with Gasteiger partial charge in [0.15, 0.2) is 0 Å². The van der Waals surface area contributed by atoms with E-state index in [-0.39, 0.29) is 5.97 Å². The summed E-state index contributed by atoms with van der Waals surface area (Å²) in [6.45, 7) is 7.38. The Balaban J connectivity index is 2.24. The maximum atomic E-state index is 12.6. The molecule has 1 aromatic carbocycles. The lowest BCUT2D eigenvalue weighted by atomic mass is 9.96. The molecule has 2 rings (SSSR count). The van der Waals surface area contributed by atoms with Crippen LogP contribution in [0.15, 0.2) is 24.3 Å². The lowest BCUT2D eigenvalue weighted by Gasteiger charge is -2.14. The lowest BCUT2D eigenvalue weighted by Crippen LogP contribution is -2.13. The quantitative estimate of drug-likeness (QED) is 0.186. The summed E-state index contributed by atoms with van der Waals surface area (Å²) in [7, 11) is 1.38. The Morgan fingerprint density at radius 2 is 1.37 bits per heavy atom. The molecule has 1 aromatic heterocycles. The second-order valence-corrected chi connectivity index (χ2v) is 9.65. The molecular weight excluding hydrogens is 436 g/mol. The van der Waals surface area contributed by atoms with Crippen molar-refractivity contribution in [2.45, 2.75) is 111 Å². The zero-order valence-corrected chi connectivity index (χ0v) is 22.5. The van der Waals surface area contributed by atoms with Gasteiger partial charge in [0.1, 0.15) is 0 Å². The third-order valence-electron chi connectivity index (χ3n) is 6.97. The van der Waals surface area contributed by atoms with E-state index in [4.69, 9.17) is 10.5 Å². The van der Waals surface area contributed by atoms with E-state index in [0.717, 1.165) is 55.5 Å². The van der Waals surface area contributed by atoms with Crippen molar-refractivity contribution in [3.63, 3.8) is 0 Å². The predicted molar refractivity (Wildman–Crippen MR) is 145 cm³/mol. The lowest BCUT2D eigenvalue weighted by molar-refractivity contribution is 0.0600. The number of hydrogen-bond donors (Lipinski definition) is 1. The highest BCUT2D eigenvalue weighted by Gasteiger charge is 2.24. The van der Waals surface area contributed by atoms with E-state index in [2.05, 4.69) is 18.4 Å². The van der Waals surface area contributed by atoms with Gasteiger partial charge in [-0.25, -0.2) is 4.79 Å². The van der Waals surface area contributed by atoms with Crippen molar-refractivity contribution in [3.05, 3.63) is 46.8 Å². The third kappa shape index (κ3) is 8.26. The van der Waals surface area contributed by atoms with Crippen LogP contribution < -0.4 is 5.73 Å². The average molecular weight is 483 g/mol. The second-order valence-electron chi connectivity index (χ2n) is 9.65. The molecule has 2 aromatic rings. The van der Waals surface area contributed by atoms with Gasteiger partial charge in [-0.3, -0.25) is 4.79 Å². The number of carbonyl (C=O) groups is 2. The van der Waals surface area contributed by atoms with Gasteiger partial charge in [-0.1, -0.05) is 90.2 Å². The first-order valence-electron chi connectivity index (χ1n) is 13.7. The standard InChI is InChI=1S/C30H46N2O3/c1-5-7-9-10-11-12-13-14-16-22-32-23(3)27(29(31)33)28(26(32)17-15-8-6-2)24-18-20-25(21-19-24)30(34)35-4/h18-21H,5-17,22H2,1-4H3,(H2,31,33). The number of esters is 1. The van der Waals surface area contributed by atoms with Crippen molar-refractivity contribution in [2.75, 3.05) is 7.11 Å². The van der Waals surface area contributed by atoms with Gasteiger partial charge in [0.25, 0.3) is 5.91 Å². The van der Waals surface area contributed by atoms with E-state index in [0.29, 0.717) is 11.1 Å². The SMILES string of the molecule is CCCCCCCCCCCn1c(C)c(C(N)=O)c(-c2ccc(C(=O)OC)cc2)c1CCCCC. The van der Waals surface area contributed by atoms with Crippen LogP contribution in [0.5, 0.6) is 0 Å². The largest absolute Gasteiger partial charge is 0.465 e. The van der Waals surface area contributed by atoms with Crippen LogP contribution >= 0.6 is 0 Å². The van der Waals surface area contributed by atoms with Crippen LogP contribution in [0.25, 0.3) is 11.1 Å². The smallest absolute Gasteiger partial charge is 0.337 e. The monoisotopic (exact) mass is 482 g/mol. The molecule has 0 aliphatic rings. The molecule has 0 aliphatic carbocycles. The molecular formula is C30H46N2O3. The maximum Gasteiger partial charge on any atom is 0.337 e. The second kappa shape index (κ2) is 15.4. The molecule has 0 atom stereocenters. The fourth-order valence-corrected chi connectivity index (χ4v) is 4.99. The first-order valence-corrected chi connectivity index (χ1v) is 13.7. The maximum absolute atomic E-state index is 12.6. The summed E-state index contributed by atoms with van der Waals surface area (Å²) in [4.78, 5) is 24.5. The van der Waals surface area contributed by atoms with Crippen LogP contribution in [0.2, 0.25) is 0 Å². The Bertz CT molecular complexity index is 928. The molecule has 2 N–H and O–H groups in total. The van der Waals surface area contributed by atoms with Crippen LogP contribution in [0.3, 0.4) is 0 Å². The van der Waals surface area contributed by atoms with Gasteiger partial charge in [-0.2, -0.15) is 0 Å². The van der Waals surface area contributed by atoms with Crippen LogP contribution in [-0.4, -0.2) is 23.6 Å². The summed E-state index contributed by atoms with van der Waals surface area (Å²) in [6, 6.07) is 7.32. The van der Waals surface area contributed by atoms with Crippen molar-refractivity contribution < 1.29 is 14.3 Å². The molecule has 0 unspecified atom stereocenters. The Labute approximate surface area is 212 Å². The number of aromatic nitrogens is 1. The van der Waals surface area contributed by atoms with Crippen molar-refractivity contribution in [1.82, 2.24) is 4.57 Å². The van der Waals surface area contributed by atoms with Crippen LogP contribution in [0.1, 0.15) is 123 Å². The summed E-state index contributed by atoms with van der Waals surface area (Å²) in [6.07, 6.45) is 15.8. The molecule has 1 heterocycles. The zero-order chi connectivity index (χ0) is 25.6. The highest BCUT2D eigenvalue weighted by molar-refractivity contribution is 6.02. The van der Waals surface area contributed by atoms with Crippen molar-refractivity contribution in [2.24, 2.45) is 5.73 Å². The van der Waals surface area contributed by atoms with E-state index >= 15 is 0 Å². The summed E-state index contributed by atoms with van der Waals surface area (Å²) < 4.78 is 7.17. The first-order chi connectivity index (χ1) is 17.0. The zero-order valence-electron chi connectivity index (χ0n) is 22.5. The number of nitrogens with zero attached hydrogens (tertiary/aromatic N) is 1. The highest BCUT2D eigenvalue weighted by atomic mass is 16.5. The summed E-state index contributed by atoms with van der Waals surface area (Å²) in [5.74, 6) is -0.758. The van der Waals surface area contributed by atoms with Crippen molar-refractivity contribution in [3.8, 4) is 11.1 Å². The van der Waals surface area contributed by atoms with E-state index < -0.39 is 5.91 Å². The number of benzene rings is 1. The van der Waals surface area contributed by atoms with Gasteiger partial charge in [-0.15, -0.1) is 0 Å². The number of amides is 1. The molecule has 5 nitrogen and oxygen atoms in total. The Kier molecular flexibility index (Phi) is 12.6. The Hall–Kier alpha value is -2.56. The van der Waals surface area contributed by atoms with Crippen molar-refractivity contribution in [1.29, 1.82) is 0 Å². The molecule has 0 fully saturated rings. The van der Waals surface area contributed by atoms with E-state index in [1.54, 1.807) is 12.1 Å². The number of hydrogen-bond acceptors (Lipinski definition) is 3. The number of methoxy groups -OCH3 is 1. The molecule has 0 aliphatic heterocycles. The summed E-state index contributed by atoms with van der Waals surface area (Å²) in [5.41, 5.74) is 11.0. The topological polar surface area (TPSA) is 74.3 Å². The minimum absolute atomic E-state index is 0.367. The first kappa shape index (κ1) is 28.7. The molecule has 0 spiro atoms. The molecule has 35 heavy (non-hydrogen) atoms. The molecule has 0 saturated heterocycles. The number of carbonyl (C=O) groups excluding carboxylic acids is 2. The molecule has 1 amide bonds. The van der Waals surface area contributed by atoms with Crippen LogP contribution in [0.4, 0.5) is 0 Å². The summed E-state index contributed by atoms with van der Waals surface area (Å²) >= 11 is 0. The minimum atomic E-state index is -0.392. The fourth-order valence-electron chi connectivity index (χ4n) is 4.99. The molecule has 5 heteroatoms. The number of ether oxygens (including phenoxy) is 1. The molecule has 194 valence electrons. The van der Waals surface area contributed by atoms with Crippen LogP contribution in [0, 0.1) is 6.92 Å². The molecule has 0 saturated carbocycles. The van der Waals surface area contributed by atoms with E-state index in [1.807, 2.05) is 19.1 Å². The van der Waals surface area contributed by atoms with E-state index in [9.17, 15) is 9.59 Å². The Morgan fingerprint density at radius 1 is 0.829 bits per heavy atom. The van der Waals surface area contributed by atoms with Gasteiger partial charge in [0, 0.05) is 23.5 Å². The van der Waals surface area contributed by atoms with Gasteiger partial charge in [0.2, 0.25) is 0 Å². The minimum Gasteiger partial charge on any atom is -0.465 e. The number of unbranched alkanes of at least 4 members (excludes halogenated alkanes) is 10. The Morgan fingerprint density at radius 3 is 1.91 bits per heavy atom. The highest BCUT2D eigenvalue weighted by Crippen LogP contribution is 2.34. The predicted octanol–water partition coefficient (Wildman–Crippen LogP) is 7.61. The normalized spacial score (nSPS) is 11.1. The van der Waals surface area contributed by atoms with Gasteiger partial charge < -0.3 is 15.0 Å². The van der Waals surface area contributed by atoms with Crippen LogP contribution in [-0.2, 0) is 17.7 Å². The van der Waals surface area contributed by atoms with Crippen molar-refractivity contribution >= 4 is 11.9 Å². The number of rotatable bonds is 17. The molecule has 0 bridgehead atoms. The van der Waals surface area contributed by atoms with Gasteiger partial charge in [-0.05, 0) is 43.9 Å². The number of nitrogens with two attached hydrogens (primary N) is 1. The molecule has 0 radical (unpaired) electrons. The number of primary amides is 1. The van der Waals surface area contributed by atoms with E-state index in [1.165, 1.54) is 64.2 Å². The third-order valence-corrected chi connectivity index (χ3v) is 6.97. The average Bonchev–Trinajstić information content (AvgIpc) is 3.14. The van der Waals surface area contributed by atoms with Gasteiger partial charge in [0.05, 0.1) is 18.2 Å². The fraction of sp³-hybridized carbons (Fsp3) is 0.600. The summed E-state index contributed by atoms with van der Waals surface area (Å²) in [5, 5.41) is 0.